The van der Waals surface area contributed by atoms with E-state index in [1.54, 1.807) is 6.92 Å². The fourth-order valence-corrected chi connectivity index (χ4v) is 1.60. The fraction of sp³-hybridized carbons (Fsp3) is 0.182. The molecule has 2 rings (SSSR count). The summed E-state index contributed by atoms with van der Waals surface area (Å²) in [6.07, 6.45) is 1.32. The molecule has 4 nitrogen and oxygen atoms in total. The molecule has 2 aromatic rings. The van der Waals surface area contributed by atoms with Crippen LogP contribution in [0.4, 0.5) is 4.39 Å². The highest BCUT2D eigenvalue weighted by Gasteiger charge is 2.15. The second-order valence-electron chi connectivity index (χ2n) is 3.34. The third-order valence-corrected chi connectivity index (χ3v) is 2.42. The molecule has 0 bridgehead atoms. The molecule has 0 fully saturated rings. The first-order valence-electron chi connectivity index (χ1n) is 4.71. The van der Waals surface area contributed by atoms with Gasteiger partial charge in [0.15, 0.2) is 22.7 Å². The van der Waals surface area contributed by atoms with Crippen molar-refractivity contribution < 1.29 is 14.6 Å². The zero-order valence-corrected chi connectivity index (χ0v) is 8.49. The molecule has 1 radical (unpaired) electrons. The molecule has 0 saturated carbocycles. The Morgan fingerprint density at radius 3 is 2.81 bits per heavy atom. The number of benzene rings is 1. The van der Waals surface area contributed by atoms with Crippen molar-refractivity contribution in [3.05, 3.63) is 34.4 Å². The van der Waals surface area contributed by atoms with Crippen molar-refractivity contribution in [2.75, 3.05) is 0 Å². The number of halogens is 1. The molecule has 1 heterocycles. The van der Waals surface area contributed by atoms with E-state index < -0.39 is 22.7 Å². The van der Waals surface area contributed by atoms with E-state index in [2.05, 4.69) is 6.07 Å². The Hall–Kier alpha value is -2.04. The maximum absolute atomic E-state index is 13.7. The van der Waals surface area contributed by atoms with Gasteiger partial charge in [0.2, 0.25) is 0 Å². The lowest BCUT2D eigenvalue weighted by molar-refractivity contribution is 0.381. The summed E-state index contributed by atoms with van der Waals surface area (Å²) in [6.45, 7) is 2.19. The van der Waals surface area contributed by atoms with Crippen LogP contribution >= 0.6 is 0 Å². The maximum Gasteiger partial charge on any atom is 0.197 e. The molecule has 0 aliphatic heterocycles. The number of phenolic OH excluding ortho intramolecular Hbond substituents is 2. The summed E-state index contributed by atoms with van der Waals surface area (Å²) in [5, 5.41) is 18.5. The van der Waals surface area contributed by atoms with Crippen molar-refractivity contribution in [2.24, 2.45) is 0 Å². The SMILES string of the molecule is CCn1c[c]c(=O)c2cc(O)c(O)c(F)c21. The average molecular weight is 222 g/mol. The van der Waals surface area contributed by atoms with Crippen LogP contribution in [0.1, 0.15) is 6.92 Å². The van der Waals surface area contributed by atoms with Gasteiger partial charge < -0.3 is 14.8 Å². The van der Waals surface area contributed by atoms with E-state index in [1.165, 1.54) is 10.8 Å². The Balaban J connectivity index is 3.05. The largest absolute Gasteiger partial charge is 0.504 e. The summed E-state index contributed by atoms with van der Waals surface area (Å²) in [7, 11) is 0. The van der Waals surface area contributed by atoms with Crippen molar-refractivity contribution in [1.82, 2.24) is 4.57 Å². The van der Waals surface area contributed by atoms with Crippen LogP contribution in [-0.2, 0) is 6.54 Å². The standard InChI is InChI=1S/C11H9FNO3/c1-2-13-4-3-7(14)6-5-8(15)11(16)9(12)10(6)13/h4-5,15-16H,2H2,1H3. The van der Waals surface area contributed by atoms with E-state index >= 15 is 0 Å². The molecule has 0 atom stereocenters. The van der Waals surface area contributed by atoms with Gasteiger partial charge in [0.05, 0.1) is 17.0 Å². The molecule has 0 saturated heterocycles. The number of aromatic hydroxyl groups is 2. The molecule has 1 aromatic heterocycles. The number of pyridine rings is 1. The molecule has 5 heteroatoms. The summed E-state index contributed by atoms with van der Waals surface area (Å²) >= 11 is 0. The van der Waals surface area contributed by atoms with Crippen molar-refractivity contribution in [2.45, 2.75) is 13.5 Å². The van der Waals surface area contributed by atoms with Crippen LogP contribution in [-0.4, -0.2) is 14.8 Å². The number of rotatable bonds is 1. The Labute approximate surface area is 90.2 Å². The predicted molar refractivity (Wildman–Crippen MR) is 56.0 cm³/mol. The lowest BCUT2D eigenvalue weighted by Gasteiger charge is -2.10. The fourth-order valence-electron chi connectivity index (χ4n) is 1.60. The van der Waals surface area contributed by atoms with Crippen LogP contribution < -0.4 is 5.43 Å². The molecular weight excluding hydrogens is 213 g/mol. The Morgan fingerprint density at radius 2 is 2.19 bits per heavy atom. The molecule has 0 amide bonds. The minimum atomic E-state index is -0.997. The number of hydrogen-bond acceptors (Lipinski definition) is 3. The van der Waals surface area contributed by atoms with Crippen molar-refractivity contribution in [3.63, 3.8) is 0 Å². The van der Waals surface area contributed by atoms with Crippen LogP contribution in [0.3, 0.4) is 0 Å². The molecule has 0 unspecified atom stereocenters. The van der Waals surface area contributed by atoms with Gasteiger partial charge in [-0.25, -0.2) is 4.39 Å². The van der Waals surface area contributed by atoms with Gasteiger partial charge in [0, 0.05) is 12.7 Å². The van der Waals surface area contributed by atoms with Gasteiger partial charge in [-0.05, 0) is 13.0 Å². The van der Waals surface area contributed by atoms with Crippen molar-refractivity contribution in [1.29, 1.82) is 0 Å². The third-order valence-electron chi connectivity index (χ3n) is 2.42. The summed E-state index contributed by atoms with van der Waals surface area (Å²) in [5.74, 6) is -2.49. The molecule has 16 heavy (non-hydrogen) atoms. The highest BCUT2D eigenvalue weighted by Crippen LogP contribution is 2.32. The highest BCUT2D eigenvalue weighted by molar-refractivity contribution is 5.83. The first-order chi connectivity index (χ1) is 7.56. The third kappa shape index (κ3) is 1.32. The maximum atomic E-state index is 13.7. The highest BCUT2D eigenvalue weighted by atomic mass is 19.1. The minimum absolute atomic E-state index is 0.00264. The number of aromatic nitrogens is 1. The summed E-state index contributed by atoms with van der Waals surface area (Å²) < 4.78 is 15.1. The van der Waals surface area contributed by atoms with Gasteiger partial charge in [-0.3, -0.25) is 4.79 Å². The topological polar surface area (TPSA) is 62.5 Å². The van der Waals surface area contributed by atoms with E-state index in [-0.39, 0.29) is 10.9 Å². The van der Waals surface area contributed by atoms with E-state index in [4.69, 9.17) is 0 Å². The van der Waals surface area contributed by atoms with E-state index in [1.807, 2.05) is 0 Å². The predicted octanol–water partition coefficient (Wildman–Crippen LogP) is 1.37. The van der Waals surface area contributed by atoms with Crippen LogP contribution in [0.25, 0.3) is 10.9 Å². The zero-order chi connectivity index (χ0) is 11.9. The second kappa shape index (κ2) is 3.52. The normalized spacial score (nSPS) is 10.9. The molecular formula is C11H9FNO3. The molecule has 0 spiro atoms. The summed E-state index contributed by atoms with van der Waals surface area (Å²) in [5.41, 5.74) is -0.546. The summed E-state index contributed by atoms with van der Waals surface area (Å²) in [4.78, 5) is 11.4. The average Bonchev–Trinajstić information content (AvgIpc) is 2.27. The lowest BCUT2D eigenvalue weighted by atomic mass is 10.1. The number of aryl methyl sites for hydroxylation is 1. The van der Waals surface area contributed by atoms with Gasteiger partial charge in [0.1, 0.15) is 0 Å². The van der Waals surface area contributed by atoms with E-state index in [0.29, 0.717) is 6.54 Å². The number of hydrogen-bond donors (Lipinski definition) is 2. The zero-order valence-electron chi connectivity index (χ0n) is 8.49. The first kappa shape index (κ1) is 10.5. The molecule has 83 valence electrons. The number of phenols is 2. The summed E-state index contributed by atoms with van der Waals surface area (Å²) in [6, 6.07) is 3.46. The first-order valence-corrected chi connectivity index (χ1v) is 4.71. The Morgan fingerprint density at radius 1 is 1.50 bits per heavy atom. The smallest absolute Gasteiger partial charge is 0.197 e. The van der Waals surface area contributed by atoms with Gasteiger partial charge in [0.25, 0.3) is 0 Å². The molecule has 0 aliphatic rings. The van der Waals surface area contributed by atoms with Gasteiger partial charge in [-0.15, -0.1) is 0 Å². The van der Waals surface area contributed by atoms with E-state index in [0.717, 1.165) is 6.07 Å². The quantitative estimate of drug-likeness (QED) is 0.716. The number of fused-ring (bicyclic) bond motifs is 1. The van der Waals surface area contributed by atoms with Gasteiger partial charge in [-0.1, -0.05) is 0 Å². The Kier molecular flexibility index (Phi) is 2.30. The van der Waals surface area contributed by atoms with Crippen LogP contribution in [0.5, 0.6) is 11.5 Å². The van der Waals surface area contributed by atoms with Crippen molar-refractivity contribution >= 4 is 10.9 Å². The lowest BCUT2D eigenvalue weighted by Crippen LogP contribution is -2.09. The van der Waals surface area contributed by atoms with Gasteiger partial charge in [-0.2, -0.15) is 0 Å². The molecule has 2 N–H and O–H groups in total. The minimum Gasteiger partial charge on any atom is -0.504 e. The van der Waals surface area contributed by atoms with Gasteiger partial charge >= 0.3 is 0 Å². The second-order valence-corrected chi connectivity index (χ2v) is 3.34. The Bertz CT molecular complexity index is 619. The monoisotopic (exact) mass is 222 g/mol. The van der Waals surface area contributed by atoms with Crippen molar-refractivity contribution in [3.8, 4) is 11.5 Å². The van der Waals surface area contributed by atoms with Crippen LogP contribution in [0, 0.1) is 11.9 Å². The number of nitrogens with zero attached hydrogens (tertiary/aromatic N) is 1. The van der Waals surface area contributed by atoms with Crippen LogP contribution in [0.15, 0.2) is 17.1 Å². The van der Waals surface area contributed by atoms with Crippen LogP contribution in [0.2, 0.25) is 0 Å². The van der Waals surface area contributed by atoms with E-state index in [9.17, 15) is 19.4 Å². The molecule has 0 aliphatic carbocycles. The molecule has 1 aromatic carbocycles.